The van der Waals surface area contributed by atoms with Gasteiger partial charge in [-0.3, -0.25) is 9.59 Å². The van der Waals surface area contributed by atoms with E-state index in [2.05, 4.69) is 5.32 Å². The molecule has 4 nitrogen and oxygen atoms in total. The molecule has 5 heteroatoms. The van der Waals surface area contributed by atoms with E-state index in [1.165, 1.54) is 0 Å². The van der Waals surface area contributed by atoms with Crippen molar-refractivity contribution in [1.29, 1.82) is 0 Å². The van der Waals surface area contributed by atoms with Crippen LogP contribution in [0, 0.1) is 12.8 Å². The minimum Gasteiger partial charge on any atom is -0.455 e. The van der Waals surface area contributed by atoms with E-state index < -0.39 is 0 Å². The number of ether oxygens (including phenoxy) is 1. The van der Waals surface area contributed by atoms with Crippen LogP contribution in [0.15, 0.2) is 18.2 Å². The zero-order valence-electron chi connectivity index (χ0n) is 10.7. The number of nitrogens with one attached hydrogen (secondary N) is 1. The fourth-order valence-electron chi connectivity index (χ4n) is 1.81. The lowest BCUT2D eigenvalue weighted by molar-refractivity contribution is -0.154. The number of aryl methyl sites for hydroxylation is 1. The second kappa shape index (κ2) is 6.06. The Morgan fingerprint density at radius 1 is 1.42 bits per heavy atom. The van der Waals surface area contributed by atoms with E-state index in [1.54, 1.807) is 12.1 Å². The molecule has 2 rings (SSSR count). The highest BCUT2D eigenvalue weighted by Gasteiger charge is 2.27. The molecule has 0 bridgehead atoms. The molecule has 1 saturated carbocycles. The van der Waals surface area contributed by atoms with Crippen molar-refractivity contribution in [2.75, 3.05) is 11.9 Å². The smallest absolute Gasteiger partial charge is 0.309 e. The summed E-state index contributed by atoms with van der Waals surface area (Å²) in [7, 11) is 0. The monoisotopic (exact) mass is 281 g/mol. The van der Waals surface area contributed by atoms with E-state index in [-0.39, 0.29) is 24.4 Å². The third-order valence-electron chi connectivity index (χ3n) is 3.26. The number of anilines is 1. The number of halogens is 1. The Labute approximate surface area is 117 Å². The van der Waals surface area contributed by atoms with E-state index in [4.69, 9.17) is 16.3 Å². The highest BCUT2D eigenvalue weighted by atomic mass is 35.5. The van der Waals surface area contributed by atoms with Gasteiger partial charge in [-0.15, -0.1) is 0 Å². The van der Waals surface area contributed by atoms with Gasteiger partial charge in [0.2, 0.25) is 0 Å². The Kier molecular flexibility index (Phi) is 4.43. The van der Waals surface area contributed by atoms with Gasteiger partial charge in [-0.25, -0.2) is 0 Å². The van der Waals surface area contributed by atoms with Crippen molar-refractivity contribution >= 4 is 29.2 Å². The molecule has 1 aliphatic rings. The van der Waals surface area contributed by atoms with Crippen LogP contribution in [0.25, 0.3) is 0 Å². The quantitative estimate of drug-likeness (QED) is 0.863. The van der Waals surface area contributed by atoms with Gasteiger partial charge in [-0.05, 0) is 37.5 Å². The summed E-state index contributed by atoms with van der Waals surface area (Å²) >= 11 is 5.86. The summed E-state index contributed by atoms with van der Waals surface area (Å²) in [6.07, 6.45) is 2.80. The number of esters is 1. The molecule has 1 amide bonds. The third-order valence-corrected chi connectivity index (χ3v) is 3.49. The van der Waals surface area contributed by atoms with Gasteiger partial charge in [-0.1, -0.05) is 24.1 Å². The minimum atomic E-state index is -0.349. The van der Waals surface area contributed by atoms with Crippen LogP contribution in [0.1, 0.15) is 24.8 Å². The van der Waals surface area contributed by atoms with Gasteiger partial charge in [0.05, 0.1) is 5.92 Å². The molecule has 0 heterocycles. The molecule has 1 N–H and O–H groups in total. The van der Waals surface area contributed by atoms with Gasteiger partial charge < -0.3 is 10.1 Å². The molecule has 1 fully saturated rings. The zero-order valence-corrected chi connectivity index (χ0v) is 11.5. The van der Waals surface area contributed by atoms with Crippen molar-refractivity contribution in [3.63, 3.8) is 0 Å². The summed E-state index contributed by atoms with van der Waals surface area (Å²) in [6, 6.07) is 5.24. The van der Waals surface area contributed by atoms with Gasteiger partial charge in [-0.2, -0.15) is 0 Å². The SMILES string of the molecule is Cc1ccc(Cl)cc1NC(=O)COC(=O)C1CCC1. The van der Waals surface area contributed by atoms with E-state index in [0.717, 1.165) is 24.8 Å². The maximum absolute atomic E-state index is 11.7. The van der Waals surface area contributed by atoms with Crippen LogP contribution in [-0.2, 0) is 14.3 Å². The van der Waals surface area contributed by atoms with Crippen LogP contribution in [0.3, 0.4) is 0 Å². The highest BCUT2D eigenvalue weighted by molar-refractivity contribution is 6.31. The highest BCUT2D eigenvalue weighted by Crippen LogP contribution is 2.27. The summed E-state index contributed by atoms with van der Waals surface area (Å²) in [6.45, 7) is 1.62. The molecule has 1 aromatic rings. The van der Waals surface area contributed by atoms with Gasteiger partial charge in [0.15, 0.2) is 6.61 Å². The van der Waals surface area contributed by atoms with Crippen molar-refractivity contribution in [2.24, 2.45) is 5.92 Å². The Morgan fingerprint density at radius 2 is 2.16 bits per heavy atom. The predicted molar refractivity (Wildman–Crippen MR) is 73.1 cm³/mol. The Hall–Kier alpha value is -1.55. The van der Waals surface area contributed by atoms with Crippen molar-refractivity contribution in [2.45, 2.75) is 26.2 Å². The molecule has 102 valence electrons. The molecule has 0 spiro atoms. The van der Waals surface area contributed by atoms with Gasteiger partial charge in [0.1, 0.15) is 0 Å². The van der Waals surface area contributed by atoms with Crippen molar-refractivity contribution in [3.8, 4) is 0 Å². The molecule has 19 heavy (non-hydrogen) atoms. The first-order chi connectivity index (χ1) is 9.06. The van der Waals surface area contributed by atoms with Crippen LogP contribution < -0.4 is 5.32 Å². The molecule has 0 aromatic heterocycles. The molecule has 1 aromatic carbocycles. The van der Waals surface area contributed by atoms with E-state index in [1.807, 2.05) is 13.0 Å². The maximum atomic E-state index is 11.7. The Bertz CT molecular complexity index is 497. The second-order valence-electron chi connectivity index (χ2n) is 4.74. The maximum Gasteiger partial charge on any atom is 0.309 e. The van der Waals surface area contributed by atoms with Crippen LogP contribution >= 0.6 is 11.6 Å². The Balaban J connectivity index is 1.83. The molecule has 0 atom stereocenters. The first kappa shape index (κ1) is 13.9. The Morgan fingerprint density at radius 3 is 2.79 bits per heavy atom. The van der Waals surface area contributed by atoms with Gasteiger partial charge in [0.25, 0.3) is 5.91 Å². The lowest BCUT2D eigenvalue weighted by atomic mass is 9.86. The number of hydrogen-bond donors (Lipinski definition) is 1. The number of rotatable bonds is 4. The van der Waals surface area contributed by atoms with Crippen molar-refractivity contribution in [1.82, 2.24) is 0 Å². The number of carbonyl (C=O) groups excluding carboxylic acids is 2. The van der Waals surface area contributed by atoms with Crippen molar-refractivity contribution in [3.05, 3.63) is 28.8 Å². The van der Waals surface area contributed by atoms with Crippen LogP contribution in [0.5, 0.6) is 0 Å². The summed E-state index contributed by atoms with van der Waals surface area (Å²) in [5.74, 6) is -0.636. The predicted octanol–water partition coefficient (Wildman–Crippen LogP) is 2.93. The third kappa shape index (κ3) is 3.70. The molecule has 0 unspecified atom stereocenters. The average molecular weight is 282 g/mol. The minimum absolute atomic E-state index is 0.0132. The average Bonchev–Trinajstić information content (AvgIpc) is 2.29. The van der Waals surface area contributed by atoms with Crippen LogP contribution in [0.4, 0.5) is 5.69 Å². The number of benzene rings is 1. The lowest BCUT2D eigenvalue weighted by Crippen LogP contribution is -2.28. The fraction of sp³-hybridized carbons (Fsp3) is 0.429. The zero-order chi connectivity index (χ0) is 13.8. The number of hydrogen-bond acceptors (Lipinski definition) is 3. The summed E-state index contributed by atoms with van der Waals surface area (Å²) in [4.78, 5) is 23.2. The fourth-order valence-corrected chi connectivity index (χ4v) is 1.99. The van der Waals surface area contributed by atoms with Crippen LogP contribution in [-0.4, -0.2) is 18.5 Å². The van der Waals surface area contributed by atoms with Crippen molar-refractivity contribution < 1.29 is 14.3 Å². The normalized spacial score (nSPS) is 14.6. The largest absolute Gasteiger partial charge is 0.455 e. The number of carbonyl (C=O) groups is 2. The first-order valence-corrected chi connectivity index (χ1v) is 6.66. The molecule has 0 saturated heterocycles. The molecular weight excluding hydrogens is 266 g/mol. The molecular formula is C14H16ClNO3. The van der Waals surface area contributed by atoms with Gasteiger partial charge in [0, 0.05) is 10.7 Å². The summed E-state index contributed by atoms with van der Waals surface area (Å²) < 4.78 is 4.97. The summed E-state index contributed by atoms with van der Waals surface area (Å²) in [5, 5.41) is 3.23. The summed E-state index contributed by atoms with van der Waals surface area (Å²) in [5.41, 5.74) is 1.54. The molecule has 0 radical (unpaired) electrons. The standard InChI is InChI=1S/C14H16ClNO3/c1-9-5-6-11(15)7-12(9)16-13(17)8-19-14(18)10-3-2-4-10/h5-7,10H,2-4,8H2,1H3,(H,16,17). The second-order valence-corrected chi connectivity index (χ2v) is 5.18. The van der Waals surface area contributed by atoms with E-state index >= 15 is 0 Å². The molecule has 1 aliphatic carbocycles. The number of amides is 1. The van der Waals surface area contributed by atoms with Gasteiger partial charge >= 0.3 is 5.97 Å². The topological polar surface area (TPSA) is 55.4 Å². The lowest BCUT2D eigenvalue weighted by Gasteiger charge is -2.22. The van der Waals surface area contributed by atoms with Crippen LogP contribution in [0.2, 0.25) is 5.02 Å². The first-order valence-electron chi connectivity index (χ1n) is 6.29. The van der Waals surface area contributed by atoms with E-state index in [9.17, 15) is 9.59 Å². The van der Waals surface area contributed by atoms with E-state index in [0.29, 0.717) is 10.7 Å². The molecule has 0 aliphatic heterocycles.